The summed E-state index contributed by atoms with van der Waals surface area (Å²) < 4.78 is 41.5. The van der Waals surface area contributed by atoms with Crippen molar-refractivity contribution in [3.05, 3.63) is 87.9 Å². The molecule has 3 rings (SSSR count). The largest absolute Gasteiger partial charge is 0.332 e. The molecular formula is C26H31FN2O3S2. The Labute approximate surface area is 205 Å². The van der Waals surface area contributed by atoms with Crippen molar-refractivity contribution in [1.82, 2.24) is 9.21 Å². The number of halogens is 1. The predicted octanol–water partition coefficient (Wildman–Crippen LogP) is 5.46. The van der Waals surface area contributed by atoms with Crippen LogP contribution in [0.4, 0.5) is 4.39 Å². The van der Waals surface area contributed by atoms with Gasteiger partial charge in [0.25, 0.3) is 0 Å². The first kappa shape index (κ1) is 26.1. The van der Waals surface area contributed by atoms with Crippen LogP contribution in [0.25, 0.3) is 0 Å². The molecule has 1 amide bonds. The molecular weight excluding hydrogens is 471 g/mol. The van der Waals surface area contributed by atoms with Crippen molar-refractivity contribution in [1.29, 1.82) is 0 Å². The zero-order valence-electron chi connectivity index (χ0n) is 19.8. The summed E-state index contributed by atoms with van der Waals surface area (Å²) in [6, 6.07) is 18.2. The van der Waals surface area contributed by atoms with Crippen LogP contribution < -0.4 is 0 Å². The number of benzene rings is 2. The molecule has 0 aliphatic rings. The Bertz CT molecular complexity index is 1180. The van der Waals surface area contributed by atoms with Gasteiger partial charge in [-0.3, -0.25) is 4.79 Å². The highest BCUT2D eigenvalue weighted by atomic mass is 32.2. The fourth-order valence-corrected chi connectivity index (χ4v) is 5.95. The zero-order valence-corrected chi connectivity index (χ0v) is 21.4. The van der Waals surface area contributed by atoms with Crippen LogP contribution in [0.15, 0.2) is 71.6 Å². The van der Waals surface area contributed by atoms with Gasteiger partial charge in [-0.2, -0.15) is 4.31 Å². The number of sulfonamides is 1. The van der Waals surface area contributed by atoms with Gasteiger partial charge in [0.1, 0.15) is 5.82 Å². The van der Waals surface area contributed by atoms with Gasteiger partial charge in [0.2, 0.25) is 15.9 Å². The highest BCUT2D eigenvalue weighted by molar-refractivity contribution is 7.89. The maximum Gasteiger partial charge on any atom is 0.243 e. The minimum absolute atomic E-state index is 0.0942. The van der Waals surface area contributed by atoms with Crippen LogP contribution in [-0.2, 0) is 27.9 Å². The Balaban J connectivity index is 1.88. The molecule has 34 heavy (non-hydrogen) atoms. The minimum Gasteiger partial charge on any atom is -0.332 e. The maximum atomic E-state index is 13.5. The normalized spacial score (nSPS) is 12.6. The molecule has 0 N–H and O–H groups in total. The van der Waals surface area contributed by atoms with Crippen LogP contribution >= 0.6 is 11.3 Å². The number of hydrogen-bond donors (Lipinski definition) is 0. The smallest absolute Gasteiger partial charge is 0.243 e. The van der Waals surface area contributed by atoms with E-state index in [4.69, 9.17) is 0 Å². The van der Waals surface area contributed by atoms with E-state index in [-0.39, 0.29) is 42.2 Å². The molecule has 0 saturated carbocycles. The van der Waals surface area contributed by atoms with Crippen LogP contribution in [0.2, 0.25) is 0 Å². The van der Waals surface area contributed by atoms with Crippen molar-refractivity contribution < 1.29 is 17.6 Å². The zero-order chi connectivity index (χ0) is 24.7. The van der Waals surface area contributed by atoms with Crippen molar-refractivity contribution in [2.45, 2.75) is 45.2 Å². The molecule has 1 unspecified atom stereocenters. The number of hydrogen-bond acceptors (Lipinski definition) is 4. The number of rotatable bonds is 11. The van der Waals surface area contributed by atoms with E-state index in [9.17, 15) is 17.6 Å². The van der Waals surface area contributed by atoms with Gasteiger partial charge < -0.3 is 4.90 Å². The number of carbonyl (C=O) groups excluding carboxylic acids is 1. The second-order valence-corrected chi connectivity index (χ2v) is 11.8. The van der Waals surface area contributed by atoms with Crippen molar-refractivity contribution in [2.75, 3.05) is 13.1 Å². The Kier molecular flexibility index (Phi) is 8.99. The standard InChI is InChI=1S/C26H31FN2O3S2/c1-4-20(2)16-29(34(31,32)25-8-6-5-7-9-25)19-26(30)28(18-24-15-10-21(3)33-24)17-22-11-13-23(27)14-12-22/h5-15,20H,4,16-19H2,1-3H3. The van der Waals surface area contributed by atoms with E-state index in [1.807, 2.05) is 32.9 Å². The van der Waals surface area contributed by atoms with Crippen molar-refractivity contribution in [2.24, 2.45) is 5.92 Å². The summed E-state index contributed by atoms with van der Waals surface area (Å²) in [5.41, 5.74) is 0.780. The summed E-state index contributed by atoms with van der Waals surface area (Å²) >= 11 is 1.60. The monoisotopic (exact) mass is 502 g/mol. The lowest BCUT2D eigenvalue weighted by atomic mass is 10.1. The molecule has 5 nitrogen and oxygen atoms in total. The first-order chi connectivity index (χ1) is 16.2. The van der Waals surface area contributed by atoms with E-state index in [0.29, 0.717) is 6.54 Å². The number of carbonyl (C=O) groups is 1. The summed E-state index contributed by atoms with van der Waals surface area (Å²) in [6.07, 6.45) is 0.794. The van der Waals surface area contributed by atoms with E-state index < -0.39 is 10.0 Å². The van der Waals surface area contributed by atoms with Crippen LogP contribution in [0.1, 0.15) is 35.6 Å². The Morgan fingerprint density at radius 2 is 1.68 bits per heavy atom. The van der Waals surface area contributed by atoms with Crippen molar-refractivity contribution in [3.63, 3.8) is 0 Å². The molecule has 8 heteroatoms. The van der Waals surface area contributed by atoms with Gasteiger partial charge in [-0.15, -0.1) is 11.3 Å². The van der Waals surface area contributed by atoms with E-state index >= 15 is 0 Å². The van der Waals surface area contributed by atoms with Crippen molar-refractivity contribution >= 4 is 27.3 Å². The topological polar surface area (TPSA) is 57.7 Å². The molecule has 0 aliphatic carbocycles. The molecule has 1 aromatic heterocycles. The fraction of sp³-hybridized carbons (Fsp3) is 0.346. The van der Waals surface area contributed by atoms with Gasteiger partial charge in [-0.05, 0) is 54.8 Å². The molecule has 3 aromatic rings. The number of aryl methyl sites for hydroxylation is 1. The Morgan fingerprint density at radius 1 is 1.00 bits per heavy atom. The first-order valence-electron chi connectivity index (χ1n) is 11.3. The lowest BCUT2D eigenvalue weighted by Gasteiger charge is -2.28. The van der Waals surface area contributed by atoms with Gasteiger partial charge in [-0.25, -0.2) is 12.8 Å². The average Bonchev–Trinajstić information content (AvgIpc) is 3.24. The molecule has 0 spiro atoms. The minimum atomic E-state index is -3.84. The molecule has 1 heterocycles. The molecule has 1 atom stereocenters. The average molecular weight is 503 g/mol. The second-order valence-electron chi connectivity index (χ2n) is 8.51. The van der Waals surface area contributed by atoms with Crippen LogP contribution in [0.3, 0.4) is 0 Å². The molecule has 2 aromatic carbocycles. The summed E-state index contributed by atoms with van der Waals surface area (Å²) in [5.74, 6) is -0.542. The quantitative estimate of drug-likeness (QED) is 0.350. The van der Waals surface area contributed by atoms with Gasteiger partial charge in [-0.1, -0.05) is 50.6 Å². The summed E-state index contributed by atoms with van der Waals surface area (Å²) in [5, 5.41) is 0. The molecule has 0 saturated heterocycles. The van der Waals surface area contributed by atoms with Crippen LogP contribution in [0, 0.1) is 18.7 Å². The number of thiophene rings is 1. The Morgan fingerprint density at radius 3 is 2.26 bits per heavy atom. The van der Waals surface area contributed by atoms with E-state index in [1.54, 1.807) is 58.7 Å². The van der Waals surface area contributed by atoms with Gasteiger partial charge in [0, 0.05) is 22.8 Å². The van der Waals surface area contributed by atoms with Crippen LogP contribution in [0.5, 0.6) is 0 Å². The summed E-state index contributed by atoms with van der Waals surface area (Å²) in [7, 11) is -3.84. The lowest BCUT2D eigenvalue weighted by molar-refractivity contribution is -0.132. The van der Waals surface area contributed by atoms with Crippen LogP contribution in [-0.4, -0.2) is 36.6 Å². The predicted molar refractivity (Wildman–Crippen MR) is 134 cm³/mol. The summed E-state index contributed by atoms with van der Waals surface area (Å²) in [4.78, 5) is 17.5. The third-order valence-corrected chi connectivity index (χ3v) is 8.50. The molecule has 0 radical (unpaired) electrons. The van der Waals surface area contributed by atoms with Crippen molar-refractivity contribution in [3.8, 4) is 0 Å². The van der Waals surface area contributed by atoms with Gasteiger partial charge >= 0.3 is 0 Å². The summed E-state index contributed by atoms with van der Waals surface area (Å²) in [6.45, 7) is 6.59. The fourth-order valence-electron chi connectivity index (χ4n) is 3.52. The first-order valence-corrected chi connectivity index (χ1v) is 13.6. The third kappa shape index (κ3) is 6.98. The maximum absolute atomic E-state index is 13.5. The highest BCUT2D eigenvalue weighted by Gasteiger charge is 2.29. The highest BCUT2D eigenvalue weighted by Crippen LogP contribution is 2.21. The molecule has 0 bridgehead atoms. The lowest BCUT2D eigenvalue weighted by Crippen LogP contribution is -2.44. The van der Waals surface area contributed by atoms with E-state index in [1.165, 1.54) is 16.4 Å². The molecule has 182 valence electrons. The molecule has 0 aliphatic heterocycles. The number of nitrogens with zero attached hydrogens (tertiary/aromatic N) is 2. The number of amides is 1. The molecule has 0 fully saturated rings. The van der Waals surface area contributed by atoms with E-state index in [0.717, 1.165) is 21.7 Å². The second kappa shape index (κ2) is 11.7. The third-order valence-electron chi connectivity index (χ3n) is 5.69. The SMILES string of the molecule is CCC(C)CN(CC(=O)N(Cc1ccc(F)cc1)Cc1ccc(C)s1)S(=O)(=O)c1ccccc1. The Hall–Kier alpha value is -2.55. The van der Waals surface area contributed by atoms with E-state index in [2.05, 4.69) is 0 Å². The van der Waals surface area contributed by atoms with Gasteiger partial charge in [0.15, 0.2) is 0 Å². The van der Waals surface area contributed by atoms with Gasteiger partial charge in [0.05, 0.1) is 18.0 Å².